The fraction of sp³-hybridized carbons (Fsp3) is 0.417. The number of sulfonamides is 1. The molecule has 1 aliphatic heterocycles. The molecular formula is C12H13BrFNO4S. The lowest BCUT2D eigenvalue weighted by Crippen LogP contribution is -2.42. The van der Waals surface area contributed by atoms with Gasteiger partial charge in [0.25, 0.3) is 0 Å². The summed E-state index contributed by atoms with van der Waals surface area (Å²) in [6, 6.07) is 3.69. The summed E-state index contributed by atoms with van der Waals surface area (Å²) >= 11 is 3.06. The van der Waals surface area contributed by atoms with E-state index in [0.29, 0.717) is 17.3 Å². The van der Waals surface area contributed by atoms with E-state index in [4.69, 9.17) is 5.11 Å². The van der Waals surface area contributed by atoms with Crippen molar-refractivity contribution in [3.63, 3.8) is 0 Å². The normalized spacial score (nSPS) is 20.8. The molecular weight excluding hydrogens is 353 g/mol. The molecule has 1 aromatic carbocycles. The summed E-state index contributed by atoms with van der Waals surface area (Å²) < 4.78 is 40.0. The van der Waals surface area contributed by atoms with E-state index in [1.165, 1.54) is 12.1 Å². The highest BCUT2D eigenvalue weighted by Gasteiger charge is 2.34. The molecule has 5 nitrogen and oxygen atoms in total. The third-order valence-electron chi connectivity index (χ3n) is 3.25. The lowest BCUT2D eigenvalue weighted by Gasteiger charge is -2.29. The van der Waals surface area contributed by atoms with Crippen LogP contribution in [0.15, 0.2) is 27.6 Å². The molecule has 0 amide bonds. The van der Waals surface area contributed by atoms with E-state index >= 15 is 0 Å². The zero-order valence-electron chi connectivity index (χ0n) is 10.4. The van der Waals surface area contributed by atoms with E-state index in [1.54, 1.807) is 0 Å². The van der Waals surface area contributed by atoms with Gasteiger partial charge in [-0.3, -0.25) is 4.79 Å². The Labute approximate surface area is 124 Å². The summed E-state index contributed by atoms with van der Waals surface area (Å²) in [4.78, 5) is 10.5. The lowest BCUT2D eigenvalue weighted by atomic mass is 10.0. The maximum absolute atomic E-state index is 13.8. The van der Waals surface area contributed by atoms with E-state index in [9.17, 15) is 17.6 Å². The molecule has 0 unspecified atom stereocenters. The highest BCUT2D eigenvalue weighted by Crippen LogP contribution is 2.26. The van der Waals surface area contributed by atoms with E-state index in [1.807, 2.05) is 0 Å². The molecule has 1 aliphatic rings. The van der Waals surface area contributed by atoms with Gasteiger partial charge in [0.15, 0.2) is 0 Å². The number of aliphatic carboxylic acids is 1. The number of hydrogen-bond acceptors (Lipinski definition) is 3. The van der Waals surface area contributed by atoms with Crippen molar-refractivity contribution in [1.29, 1.82) is 0 Å². The van der Waals surface area contributed by atoms with Crippen LogP contribution in [0.3, 0.4) is 0 Å². The maximum Gasteiger partial charge on any atom is 0.307 e. The van der Waals surface area contributed by atoms with Gasteiger partial charge in [0.05, 0.1) is 5.92 Å². The SMILES string of the molecule is O=C(O)[C@H]1CCCN(S(=O)(=O)c2ccc(Br)cc2F)C1. The second-order valence-corrected chi connectivity index (χ2v) is 7.44. The lowest BCUT2D eigenvalue weighted by molar-refractivity contribution is -0.142. The Balaban J connectivity index is 2.32. The topological polar surface area (TPSA) is 74.7 Å². The van der Waals surface area contributed by atoms with Crippen molar-refractivity contribution in [2.24, 2.45) is 5.92 Å². The number of nitrogens with zero attached hydrogens (tertiary/aromatic N) is 1. The van der Waals surface area contributed by atoms with Gasteiger partial charge in [0, 0.05) is 17.6 Å². The molecule has 0 aliphatic carbocycles. The predicted octanol–water partition coefficient (Wildman–Crippen LogP) is 2.07. The first kappa shape index (κ1) is 15.4. The largest absolute Gasteiger partial charge is 0.481 e. The third kappa shape index (κ3) is 3.02. The van der Waals surface area contributed by atoms with Crippen LogP contribution in [0.2, 0.25) is 0 Å². The number of carboxylic acids is 1. The quantitative estimate of drug-likeness (QED) is 0.889. The molecule has 0 spiro atoms. The first-order valence-corrected chi connectivity index (χ1v) is 8.23. The third-order valence-corrected chi connectivity index (χ3v) is 5.64. The molecule has 1 aromatic rings. The van der Waals surface area contributed by atoms with Crippen LogP contribution in [0.25, 0.3) is 0 Å². The molecule has 1 heterocycles. The predicted molar refractivity (Wildman–Crippen MR) is 73.2 cm³/mol. The number of rotatable bonds is 3. The average Bonchev–Trinajstić information content (AvgIpc) is 2.38. The summed E-state index contributed by atoms with van der Waals surface area (Å²) in [5.74, 6) is -2.62. The second kappa shape index (κ2) is 5.79. The van der Waals surface area contributed by atoms with Crippen molar-refractivity contribution in [2.45, 2.75) is 17.7 Å². The molecule has 1 fully saturated rings. The van der Waals surface area contributed by atoms with Gasteiger partial charge >= 0.3 is 5.97 Å². The maximum atomic E-state index is 13.8. The zero-order valence-corrected chi connectivity index (χ0v) is 12.8. The summed E-state index contributed by atoms with van der Waals surface area (Å²) in [5.41, 5.74) is 0. The Morgan fingerprint density at radius 1 is 1.45 bits per heavy atom. The van der Waals surface area contributed by atoms with Crippen molar-refractivity contribution in [3.8, 4) is 0 Å². The Bertz CT molecular complexity index is 634. The van der Waals surface area contributed by atoms with Crippen LogP contribution in [0.1, 0.15) is 12.8 Å². The monoisotopic (exact) mass is 365 g/mol. The molecule has 8 heteroatoms. The zero-order chi connectivity index (χ0) is 14.9. The van der Waals surface area contributed by atoms with Crippen molar-refractivity contribution in [1.82, 2.24) is 4.31 Å². The average molecular weight is 366 g/mol. The van der Waals surface area contributed by atoms with Gasteiger partial charge < -0.3 is 5.11 Å². The van der Waals surface area contributed by atoms with E-state index in [0.717, 1.165) is 10.4 Å². The molecule has 1 atom stereocenters. The number of hydrogen-bond donors (Lipinski definition) is 1. The minimum atomic E-state index is -4.00. The summed E-state index contributed by atoms with van der Waals surface area (Å²) in [7, 11) is -4.00. The van der Waals surface area contributed by atoms with E-state index in [-0.39, 0.29) is 13.1 Å². The Morgan fingerprint density at radius 3 is 2.75 bits per heavy atom. The van der Waals surface area contributed by atoms with Crippen molar-refractivity contribution in [2.75, 3.05) is 13.1 Å². The first-order valence-electron chi connectivity index (χ1n) is 6.00. The molecule has 0 aromatic heterocycles. The van der Waals surface area contributed by atoms with Crippen LogP contribution >= 0.6 is 15.9 Å². The summed E-state index contributed by atoms with van der Waals surface area (Å²) in [5, 5.41) is 8.98. The molecule has 2 rings (SSSR count). The Morgan fingerprint density at radius 2 is 2.15 bits per heavy atom. The van der Waals surface area contributed by atoms with Crippen molar-refractivity contribution < 1.29 is 22.7 Å². The van der Waals surface area contributed by atoms with Crippen molar-refractivity contribution >= 4 is 31.9 Å². The van der Waals surface area contributed by atoms with Crippen LogP contribution in [-0.2, 0) is 14.8 Å². The molecule has 0 radical (unpaired) electrons. The van der Waals surface area contributed by atoms with Gasteiger partial charge in [0.2, 0.25) is 10.0 Å². The minimum Gasteiger partial charge on any atom is -0.481 e. The van der Waals surface area contributed by atoms with E-state index in [2.05, 4.69) is 15.9 Å². The van der Waals surface area contributed by atoms with Crippen LogP contribution in [0.4, 0.5) is 4.39 Å². The smallest absolute Gasteiger partial charge is 0.307 e. The van der Waals surface area contributed by atoms with Gasteiger partial charge in [-0.05, 0) is 31.0 Å². The fourth-order valence-electron chi connectivity index (χ4n) is 2.19. The van der Waals surface area contributed by atoms with Crippen LogP contribution < -0.4 is 0 Å². The Hall–Kier alpha value is -0.990. The number of carboxylic acid groups (broad SMARTS) is 1. The molecule has 1 N–H and O–H groups in total. The number of piperidine rings is 1. The molecule has 1 saturated heterocycles. The first-order chi connectivity index (χ1) is 9.32. The molecule has 110 valence electrons. The second-order valence-electron chi connectivity index (χ2n) is 4.62. The van der Waals surface area contributed by atoms with Crippen molar-refractivity contribution in [3.05, 3.63) is 28.5 Å². The Kier molecular flexibility index (Phi) is 4.46. The highest BCUT2D eigenvalue weighted by atomic mass is 79.9. The summed E-state index contributed by atoms with van der Waals surface area (Å²) in [6.45, 7) is 0.0921. The van der Waals surface area contributed by atoms with Gasteiger partial charge in [-0.25, -0.2) is 12.8 Å². The van der Waals surface area contributed by atoms with Gasteiger partial charge in [-0.15, -0.1) is 0 Å². The highest BCUT2D eigenvalue weighted by molar-refractivity contribution is 9.10. The fourth-order valence-corrected chi connectivity index (χ4v) is 4.09. The van der Waals surface area contributed by atoms with Gasteiger partial charge in [-0.1, -0.05) is 15.9 Å². The standard InChI is InChI=1S/C12H13BrFNO4S/c13-9-3-4-11(10(14)6-9)20(18,19)15-5-1-2-8(7-15)12(16)17/h3-4,6,8H,1-2,5,7H2,(H,16,17)/t8-/m0/s1. The molecule has 20 heavy (non-hydrogen) atoms. The number of carbonyl (C=O) groups is 1. The summed E-state index contributed by atoms with van der Waals surface area (Å²) in [6.07, 6.45) is 0.887. The van der Waals surface area contributed by atoms with Crippen LogP contribution in [0.5, 0.6) is 0 Å². The van der Waals surface area contributed by atoms with E-state index < -0.39 is 32.6 Å². The van der Waals surface area contributed by atoms with Crippen LogP contribution in [-0.4, -0.2) is 36.9 Å². The van der Waals surface area contributed by atoms with Crippen LogP contribution in [0, 0.1) is 11.7 Å². The number of benzene rings is 1. The van der Waals surface area contributed by atoms with Gasteiger partial charge in [-0.2, -0.15) is 4.31 Å². The van der Waals surface area contributed by atoms with Gasteiger partial charge in [0.1, 0.15) is 10.7 Å². The number of halogens is 2. The minimum absolute atomic E-state index is 0.118. The molecule has 0 saturated carbocycles. The molecule has 0 bridgehead atoms.